The number of benzene rings is 1. The molecule has 0 aromatic heterocycles. The van der Waals surface area contributed by atoms with Crippen molar-refractivity contribution >= 4 is 11.8 Å². The lowest BCUT2D eigenvalue weighted by molar-refractivity contribution is 0.0486. The van der Waals surface area contributed by atoms with Crippen molar-refractivity contribution in [1.82, 2.24) is 10.2 Å². The van der Waals surface area contributed by atoms with Gasteiger partial charge in [-0.1, -0.05) is 6.07 Å². The number of carbonyl (C=O) groups excluding carboxylic acids is 1. The Morgan fingerprint density at radius 1 is 1.13 bits per heavy atom. The Labute approximate surface area is 186 Å². The van der Waals surface area contributed by atoms with Gasteiger partial charge in [0.2, 0.25) is 0 Å². The molecule has 1 heterocycles. The maximum atomic E-state index is 14.5. The Hall–Kier alpha value is -2.02. The topological polar surface area (TPSA) is 54.0 Å². The van der Waals surface area contributed by atoms with Crippen LogP contribution in [0.3, 0.4) is 0 Å². The number of methoxy groups -OCH3 is 1. The van der Waals surface area contributed by atoms with Gasteiger partial charge in [-0.15, -0.1) is 0 Å². The predicted octanol–water partition coefficient (Wildman–Crippen LogP) is 4.43. The molecule has 0 radical (unpaired) electrons. The summed E-state index contributed by atoms with van der Waals surface area (Å²) in [4.78, 5) is 16.6. The van der Waals surface area contributed by atoms with Crippen molar-refractivity contribution in [3.63, 3.8) is 0 Å². The average molecular weight is 436 g/mol. The number of anilines is 1. The number of piperazine rings is 1. The molecule has 2 aliphatic rings. The number of rotatable bonds is 6. The molecule has 3 rings (SSSR count). The third-order valence-electron chi connectivity index (χ3n) is 6.30. The number of alkyl carbamates (subject to hydrolysis) is 1. The first-order valence-electron chi connectivity index (χ1n) is 11.5. The number of nitrogens with zero attached hydrogens (tertiary/aromatic N) is 2. The van der Waals surface area contributed by atoms with Crippen LogP contribution in [0, 0.1) is 11.7 Å². The Kier molecular flexibility index (Phi) is 8.03. The van der Waals surface area contributed by atoms with Crippen LogP contribution in [0.2, 0.25) is 0 Å². The van der Waals surface area contributed by atoms with E-state index in [-0.39, 0.29) is 18.0 Å². The summed E-state index contributed by atoms with van der Waals surface area (Å²) >= 11 is 0. The quantitative estimate of drug-likeness (QED) is 0.716. The molecule has 1 aromatic rings. The summed E-state index contributed by atoms with van der Waals surface area (Å²) in [5, 5.41) is 3.02. The molecule has 6 nitrogen and oxygen atoms in total. The second-order valence-corrected chi connectivity index (χ2v) is 9.77. The first-order chi connectivity index (χ1) is 14.7. The van der Waals surface area contributed by atoms with Crippen molar-refractivity contribution in [3.05, 3.63) is 24.0 Å². The summed E-state index contributed by atoms with van der Waals surface area (Å²) in [7, 11) is 1.50. The Balaban J connectivity index is 1.35. The Morgan fingerprint density at radius 3 is 2.42 bits per heavy atom. The minimum absolute atomic E-state index is 0.229. The SMILES string of the molecule is COc1cccc(N2CCN(CC[C@H]3CC[C@H](NC(=O)OC(C)(C)C)CC3)CC2)c1F. The van der Waals surface area contributed by atoms with Crippen LogP contribution in [0.4, 0.5) is 14.9 Å². The van der Waals surface area contributed by atoms with E-state index in [0.29, 0.717) is 17.4 Å². The fourth-order valence-electron chi connectivity index (χ4n) is 4.55. The molecule has 0 unspecified atom stereocenters. The highest BCUT2D eigenvalue weighted by Crippen LogP contribution is 2.29. The van der Waals surface area contributed by atoms with Gasteiger partial charge in [0, 0.05) is 32.2 Å². The zero-order chi connectivity index (χ0) is 22.4. The number of halogens is 1. The van der Waals surface area contributed by atoms with Gasteiger partial charge < -0.3 is 19.7 Å². The van der Waals surface area contributed by atoms with Crippen molar-refractivity contribution in [3.8, 4) is 5.75 Å². The maximum absolute atomic E-state index is 14.5. The molecule has 1 saturated heterocycles. The number of nitrogens with one attached hydrogen (secondary N) is 1. The average Bonchev–Trinajstić information content (AvgIpc) is 2.72. The van der Waals surface area contributed by atoms with Crippen molar-refractivity contribution in [2.24, 2.45) is 5.92 Å². The zero-order valence-electron chi connectivity index (χ0n) is 19.5. The van der Waals surface area contributed by atoms with Gasteiger partial charge in [0.15, 0.2) is 11.6 Å². The number of ether oxygens (including phenoxy) is 2. The van der Waals surface area contributed by atoms with Gasteiger partial charge in [0.25, 0.3) is 0 Å². The molecule has 1 aliphatic heterocycles. The van der Waals surface area contributed by atoms with Crippen LogP contribution in [0.5, 0.6) is 5.75 Å². The van der Waals surface area contributed by atoms with Gasteiger partial charge in [0.1, 0.15) is 5.60 Å². The number of hydrogen-bond acceptors (Lipinski definition) is 5. The lowest BCUT2D eigenvalue weighted by atomic mass is 9.84. The summed E-state index contributed by atoms with van der Waals surface area (Å²) < 4.78 is 25.0. The summed E-state index contributed by atoms with van der Waals surface area (Å²) in [6.45, 7) is 10.3. The van der Waals surface area contributed by atoms with E-state index in [1.807, 2.05) is 32.9 Å². The van der Waals surface area contributed by atoms with E-state index < -0.39 is 5.60 Å². The van der Waals surface area contributed by atoms with Gasteiger partial charge in [-0.3, -0.25) is 4.90 Å². The van der Waals surface area contributed by atoms with E-state index in [1.54, 1.807) is 6.07 Å². The molecule has 0 spiro atoms. The fourth-order valence-corrected chi connectivity index (χ4v) is 4.55. The second kappa shape index (κ2) is 10.5. The third-order valence-corrected chi connectivity index (χ3v) is 6.30. The first kappa shape index (κ1) is 23.6. The first-order valence-corrected chi connectivity index (χ1v) is 11.5. The highest BCUT2D eigenvalue weighted by molar-refractivity contribution is 5.68. The largest absolute Gasteiger partial charge is 0.494 e. The fraction of sp³-hybridized carbons (Fsp3) is 0.708. The molecule has 1 N–H and O–H groups in total. The Morgan fingerprint density at radius 2 is 1.81 bits per heavy atom. The van der Waals surface area contributed by atoms with Crippen LogP contribution in [0.15, 0.2) is 18.2 Å². The minimum atomic E-state index is -0.455. The molecule has 1 saturated carbocycles. The lowest BCUT2D eigenvalue weighted by Crippen LogP contribution is -2.47. The molecule has 7 heteroatoms. The third kappa shape index (κ3) is 6.99. The zero-order valence-corrected chi connectivity index (χ0v) is 19.5. The van der Waals surface area contributed by atoms with Crippen molar-refractivity contribution in [1.29, 1.82) is 0 Å². The molecular formula is C24H38FN3O3. The standard InChI is InChI=1S/C24H38FN3O3/c1-24(2,3)31-23(29)26-19-10-8-18(9-11-19)12-13-27-14-16-28(17-15-27)20-6-5-7-21(30-4)22(20)25/h5-7,18-19H,8-17H2,1-4H3,(H,26,29)/t18-,19-. The number of carbonyl (C=O) groups is 1. The highest BCUT2D eigenvalue weighted by Gasteiger charge is 2.26. The molecule has 31 heavy (non-hydrogen) atoms. The Bertz CT molecular complexity index is 721. The second-order valence-electron chi connectivity index (χ2n) is 9.77. The summed E-state index contributed by atoms with van der Waals surface area (Å²) in [5.74, 6) is 0.748. The molecule has 1 aromatic carbocycles. The predicted molar refractivity (Wildman–Crippen MR) is 121 cm³/mol. The number of hydrogen-bond donors (Lipinski definition) is 1. The van der Waals surface area contributed by atoms with Crippen LogP contribution in [-0.2, 0) is 4.74 Å². The van der Waals surface area contributed by atoms with E-state index in [9.17, 15) is 9.18 Å². The monoisotopic (exact) mass is 435 g/mol. The van der Waals surface area contributed by atoms with Crippen LogP contribution in [0.1, 0.15) is 52.9 Å². The highest BCUT2D eigenvalue weighted by atomic mass is 19.1. The van der Waals surface area contributed by atoms with Crippen LogP contribution in [-0.4, -0.2) is 62.5 Å². The molecule has 174 valence electrons. The normalized spacial score (nSPS) is 22.8. The van der Waals surface area contributed by atoms with Gasteiger partial charge in [0.05, 0.1) is 12.8 Å². The van der Waals surface area contributed by atoms with Gasteiger partial charge >= 0.3 is 6.09 Å². The summed E-state index contributed by atoms with van der Waals surface area (Å²) in [6.07, 6.45) is 5.22. The lowest BCUT2D eigenvalue weighted by Gasteiger charge is -2.37. The van der Waals surface area contributed by atoms with Crippen molar-refractivity contribution in [2.45, 2.75) is 64.5 Å². The molecular weight excluding hydrogens is 397 g/mol. The van der Waals surface area contributed by atoms with Crippen LogP contribution >= 0.6 is 0 Å². The van der Waals surface area contributed by atoms with Crippen LogP contribution in [0.25, 0.3) is 0 Å². The summed E-state index contributed by atoms with van der Waals surface area (Å²) in [6, 6.07) is 5.56. The molecule has 1 amide bonds. The van der Waals surface area contributed by atoms with Crippen molar-refractivity contribution in [2.75, 3.05) is 44.7 Å². The summed E-state index contributed by atoms with van der Waals surface area (Å²) in [5.41, 5.74) is 0.179. The minimum Gasteiger partial charge on any atom is -0.494 e. The van der Waals surface area contributed by atoms with Crippen LogP contribution < -0.4 is 15.0 Å². The molecule has 0 atom stereocenters. The van der Waals surface area contributed by atoms with E-state index in [1.165, 1.54) is 13.5 Å². The maximum Gasteiger partial charge on any atom is 0.407 e. The molecule has 1 aliphatic carbocycles. The van der Waals surface area contributed by atoms with E-state index in [4.69, 9.17) is 9.47 Å². The van der Waals surface area contributed by atoms with E-state index in [2.05, 4.69) is 15.1 Å². The van der Waals surface area contributed by atoms with Crippen molar-refractivity contribution < 1.29 is 18.7 Å². The molecule has 0 bridgehead atoms. The van der Waals surface area contributed by atoms with Gasteiger partial charge in [-0.05, 0) is 77.5 Å². The molecule has 2 fully saturated rings. The number of amides is 1. The van der Waals surface area contributed by atoms with E-state index >= 15 is 0 Å². The van der Waals surface area contributed by atoms with Gasteiger partial charge in [-0.25, -0.2) is 9.18 Å². The van der Waals surface area contributed by atoms with E-state index in [0.717, 1.165) is 58.4 Å². The smallest absolute Gasteiger partial charge is 0.407 e. The van der Waals surface area contributed by atoms with Gasteiger partial charge in [-0.2, -0.15) is 0 Å².